The highest BCUT2D eigenvalue weighted by Crippen LogP contribution is 2.26. The monoisotopic (exact) mass is 299 g/mol. The number of anilines is 1. The van der Waals surface area contributed by atoms with E-state index in [1.165, 1.54) is 24.1 Å². The molecule has 0 bridgehead atoms. The first-order valence-electron chi connectivity index (χ1n) is 5.92. The number of halogens is 3. The number of carbonyl (C=O) groups is 1. The quantitative estimate of drug-likeness (QED) is 0.909. The van der Waals surface area contributed by atoms with E-state index >= 15 is 0 Å². The molecule has 1 aromatic carbocycles. The lowest BCUT2D eigenvalue weighted by Gasteiger charge is -2.21. The van der Waals surface area contributed by atoms with Gasteiger partial charge in [0.2, 0.25) is 11.6 Å². The zero-order valence-electron chi connectivity index (χ0n) is 10.7. The van der Waals surface area contributed by atoms with Gasteiger partial charge in [0.25, 0.3) is 0 Å². The number of nitrogens with zero attached hydrogens (tertiary/aromatic N) is 2. The van der Waals surface area contributed by atoms with Gasteiger partial charge in [-0.2, -0.15) is 5.26 Å². The highest BCUT2D eigenvalue weighted by Gasteiger charge is 2.43. The average molecular weight is 300 g/mol. The smallest absolute Gasteiger partial charge is 0.244 e. The molecule has 106 valence electrons. The van der Waals surface area contributed by atoms with E-state index in [1.54, 1.807) is 6.07 Å². The van der Waals surface area contributed by atoms with E-state index in [-0.39, 0.29) is 18.0 Å². The van der Waals surface area contributed by atoms with E-state index in [2.05, 4.69) is 5.32 Å². The molecule has 0 radical (unpaired) electrons. The number of hydrogen-bond acceptors (Lipinski definition) is 3. The molecular weight excluding hydrogens is 288 g/mol. The summed E-state index contributed by atoms with van der Waals surface area (Å²) in [6.07, 6.45) is -0.207. The maximum absolute atomic E-state index is 13.8. The zero-order valence-corrected chi connectivity index (χ0v) is 11.4. The molecule has 2 rings (SSSR count). The van der Waals surface area contributed by atoms with Crippen molar-refractivity contribution in [2.45, 2.75) is 18.1 Å². The molecule has 1 heterocycles. The Hall–Kier alpha value is -1.71. The van der Waals surface area contributed by atoms with Crippen molar-refractivity contribution in [3.05, 3.63) is 29.0 Å². The molecule has 2 unspecified atom stereocenters. The van der Waals surface area contributed by atoms with Crippen molar-refractivity contribution in [3.8, 4) is 6.07 Å². The van der Waals surface area contributed by atoms with Crippen LogP contribution in [0.25, 0.3) is 0 Å². The first-order valence-corrected chi connectivity index (χ1v) is 6.30. The van der Waals surface area contributed by atoms with Crippen molar-refractivity contribution in [2.75, 3.05) is 18.5 Å². The largest absolute Gasteiger partial charge is 0.314 e. The molecule has 0 spiro atoms. The second-order valence-electron chi connectivity index (χ2n) is 4.71. The fourth-order valence-corrected chi connectivity index (χ4v) is 2.24. The summed E-state index contributed by atoms with van der Waals surface area (Å²) in [6.45, 7) is -0.183. The summed E-state index contributed by atoms with van der Waals surface area (Å²) in [5.74, 6) is -0.982. The van der Waals surface area contributed by atoms with Gasteiger partial charge in [0.15, 0.2) is 0 Å². The predicted molar refractivity (Wildman–Crippen MR) is 70.7 cm³/mol. The molecule has 1 aromatic rings. The predicted octanol–water partition coefficient (Wildman–Crippen LogP) is 2.04. The van der Waals surface area contributed by atoms with E-state index in [0.717, 1.165) is 6.07 Å². The van der Waals surface area contributed by atoms with Crippen LogP contribution < -0.4 is 10.2 Å². The van der Waals surface area contributed by atoms with Crippen molar-refractivity contribution in [1.82, 2.24) is 5.32 Å². The number of carbonyl (C=O) groups excluding carboxylic acids is 1. The van der Waals surface area contributed by atoms with Crippen LogP contribution in [0.3, 0.4) is 0 Å². The summed E-state index contributed by atoms with van der Waals surface area (Å²) in [7, 11) is 1.48. The van der Waals surface area contributed by atoms with Crippen LogP contribution in [0.15, 0.2) is 18.2 Å². The molecule has 0 saturated carbocycles. The van der Waals surface area contributed by atoms with E-state index in [9.17, 15) is 13.6 Å². The van der Waals surface area contributed by atoms with Gasteiger partial charge in [-0.3, -0.25) is 4.79 Å². The highest BCUT2D eigenvalue weighted by atomic mass is 35.5. The van der Waals surface area contributed by atoms with Crippen LogP contribution in [0.4, 0.5) is 14.5 Å². The Bertz CT molecular complexity index is 589. The van der Waals surface area contributed by atoms with E-state index in [1.807, 2.05) is 0 Å². The van der Waals surface area contributed by atoms with Crippen molar-refractivity contribution >= 4 is 23.2 Å². The molecule has 20 heavy (non-hydrogen) atoms. The minimum absolute atomic E-state index is 0.0987. The van der Waals surface area contributed by atoms with Crippen LogP contribution in [0, 0.1) is 17.1 Å². The Labute approximate surface area is 119 Å². The molecule has 4 nitrogen and oxygen atoms in total. The SMILES string of the molecule is CN(C(=O)C1CC(F)(C#N)CN1)c1ccc(F)c(Cl)c1. The Morgan fingerprint density at radius 2 is 2.35 bits per heavy atom. The lowest BCUT2D eigenvalue weighted by atomic mass is 10.0. The third-order valence-electron chi connectivity index (χ3n) is 3.28. The van der Waals surface area contributed by atoms with Gasteiger partial charge in [-0.15, -0.1) is 0 Å². The molecule has 1 saturated heterocycles. The Kier molecular flexibility index (Phi) is 3.93. The molecule has 7 heteroatoms. The van der Waals surface area contributed by atoms with E-state index in [4.69, 9.17) is 16.9 Å². The number of nitriles is 1. The van der Waals surface area contributed by atoms with Gasteiger partial charge in [0.05, 0.1) is 11.1 Å². The van der Waals surface area contributed by atoms with E-state index in [0.29, 0.717) is 5.69 Å². The first-order chi connectivity index (χ1) is 9.36. The van der Waals surface area contributed by atoms with Crippen LogP contribution in [0.5, 0.6) is 0 Å². The lowest BCUT2D eigenvalue weighted by molar-refractivity contribution is -0.120. The summed E-state index contributed by atoms with van der Waals surface area (Å²) in [4.78, 5) is 13.5. The molecule has 1 aliphatic rings. The highest BCUT2D eigenvalue weighted by molar-refractivity contribution is 6.31. The summed E-state index contributed by atoms with van der Waals surface area (Å²) >= 11 is 5.66. The van der Waals surface area contributed by atoms with Gasteiger partial charge in [-0.05, 0) is 18.2 Å². The maximum atomic E-state index is 13.8. The van der Waals surface area contributed by atoms with Crippen LogP contribution >= 0.6 is 11.6 Å². The molecular formula is C13H12ClF2N3O. The number of rotatable bonds is 2. The number of hydrogen-bond donors (Lipinski definition) is 1. The molecule has 0 aromatic heterocycles. The Balaban J connectivity index is 2.14. The van der Waals surface area contributed by atoms with Crippen LogP contribution in [-0.4, -0.2) is 31.2 Å². The number of amides is 1. The van der Waals surface area contributed by atoms with Crippen LogP contribution in [-0.2, 0) is 4.79 Å². The van der Waals surface area contributed by atoms with Gasteiger partial charge < -0.3 is 10.2 Å². The van der Waals surface area contributed by atoms with Crippen LogP contribution in [0.2, 0.25) is 5.02 Å². The van der Waals surface area contributed by atoms with Crippen molar-refractivity contribution < 1.29 is 13.6 Å². The average Bonchev–Trinajstić information content (AvgIpc) is 2.83. The van der Waals surface area contributed by atoms with Gasteiger partial charge in [0, 0.05) is 25.7 Å². The van der Waals surface area contributed by atoms with Crippen molar-refractivity contribution in [2.24, 2.45) is 0 Å². The lowest BCUT2D eigenvalue weighted by Crippen LogP contribution is -2.41. The number of alkyl halides is 1. The summed E-state index contributed by atoms with van der Waals surface area (Å²) in [5, 5.41) is 11.3. The zero-order chi connectivity index (χ0) is 14.9. The normalized spacial score (nSPS) is 25.2. The summed E-state index contributed by atoms with van der Waals surface area (Å²) in [5.41, 5.74) is -1.63. The summed E-state index contributed by atoms with van der Waals surface area (Å²) < 4.78 is 26.8. The van der Waals surface area contributed by atoms with Crippen molar-refractivity contribution in [3.63, 3.8) is 0 Å². The van der Waals surface area contributed by atoms with Crippen LogP contribution in [0.1, 0.15) is 6.42 Å². The molecule has 1 N–H and O–H groups in total. The number of benzene rings is 1. The van der Waals surface area contributed by atoms with Gasteiger partial charge in [-0.1, -0.05) is 11.6 Å². The number of nitrogens with one attached hydrogen (secondary N) is 1. The minimum Gasteiger partial charge on any atom is -0.314 e. The molecule has 1 fully saturated rings. The first kappa shape index (κ1) is 14.7. The fourth-order valence-electron chi connectivity index (χ4n) is 2.07. The summed E-state index contributed by atoms with van der Waals surface area (Å²) in [6, 6.07) is 4.64. The van der Waals surface area contributed by atoms with Gasteiger partial charge >= 0.3 is 0 Å². The van der Waals surface area contributed by atoms with Gasteiger partial charge in [0.1, 0.15) is 11.9 Å². The Morgan fingerprint density at radius 3 is 2.90 bits per heavy atom. The molecule has 1 amide bonds. The third kappa shape index (κ3) is 2.74. The van der Waals surface area contributed by atoms with Crippen molar-refractivity contribution in [1.29, 1.82) is 5.26 Å². The van der Waals surface area contributed by atoms with E-state index < -0.39 is 23.4 Å². The second-order valence-corrected chi connectivity index (χ2v) is 5.12. The number of likely N-dealkylation sites (N-methyl/N-ethyl adjacent to an activating group) is 1. The molecule has 1 aliphatic heterocycles. The van der Waals surface area contributed by atoms with Gasteiger partial charge in [-0.25, -0.2) is 8.78 Å². The minimum atomic E-state index is -2.03. The topological polar surface area (TPSA) is 56.1 Å². The molecule has 0 aliphatic carbocycles. The maximum Gasteiger partial charge on any atom is 0.244 e. The Morgan fingerprint density at radius 1 is 1.65 bits per heavy atom. The fraction of sp³-hybridized carbons (Fsp3) is 0.385. The third-order valence-corrected chi connectivity index (χ3v) is 3.57. The standard InChI is InChI=1S/C13H12ClF2N3O/c1-19(8-2-3-10(15)9(14)4-8)12(20)11-5-13(16,6-17)7-18-11/h2-4,11,18H,5,7H2,1H3. The second kappa shape index (κ2) is 5.35. The molecule has 2 atom stereocenters.